The molecule has 1 unspecified atom stereocenters. The number of nitrogens with zero attached hydrogens (tertiary/aromatic N) is 2. The fourth-order valence-electron chi connectivity index (χ4n) is 2.34. The molecule has 0 amide bonds. The largest absolute Gasteiger partial charge is 0.375 e. The Kier molecular flexibility index (Phi) is 6.89. The van der Waals surface area contributed by atoms with Gasteiger partial charge >= 0.3 is 0 Å². The smallest absolute Gasteiger partial charge is 0.193 e. The lowest BCUT2D eigenvalue weighted by Gasteiger charge is -2.24. The first-order valence-corrected chi connectivity index (χ1v) is 8.67. The molecule has 1 aromatic carbocycles. The second-order valence-electron chi connectivity index (χ2n) is 5.20. The third-order valence-electron chi connectivity index (χ3n) is 3.52. The van der Waals surface area contributed by atoms with E-state index in [1.165, 1.54) is 5.56 Å². The Hall–Kier alpha value is -1.56. The van der Waals surface area contributed by atoms with Gasteiger partial charge < -0.3 is 15.0 Å². The van der Waals surface area contributed by atoms with Crippen molar-refractivity contribution in [3.8, 4) is 0 Å². The van der Waals surface area contributed by atoms with Crippen LogP contribution in [0.5, 0.6) is 0 Å². The minimum absolute atomic E-state index is 0.0833. The molecule has 0 fully saturated rings. The van der Waals surface area contributed by atoms with Crippen molar-refractivity contribution in [3.05, 3.63) is 57.2 Å². The Morgan fingerprint density at radius 2 is 2.26 bits per heavy atom. The highest BCUT2D eigenvalue weighted by atomic mass is 35.5. The van der Waals surface area contributed by atoms with Gasteiger partial charge in [0.15, 0.2) is 5.96 Å². The number of nitrogens with one attached hydrogen (secondary N) is 1. The maximum atomic E-state index is 6.06. The fraction of sp³-hybridized carbons (Fsp3) is 0.353. The van der Waals surface area contributed by atoms with Gasteiger partial charge in [-0.1, -0.05) is 23.7 Å². The molecule has 0 saturated heterocycles. The standard InChI is InChI=1S/C17H22ClN3OS/c1-19-17(21(2)11-13-7-8-23-12-13)20-10-16(22-3)14-5-4-6-15(18)9-14/h4-9,12,16H,10-11H2,1-3H3,(H,19,20). The van der Waals surface area contributed by atoms with E-state index in [9.17, 15) is 0 Å². The second-order valence-corrected chi connectivity index (χ2v) is 6.41. The van der Waals surface area contributed by atoms with Crippen LogP contribution >= 0.6 is 22.9 Å². The number of ether oxygens (including phenoxy) is 1. The van der Waals surface area contributed by atoms with E-state index in [-0.39, 0.29) is 6.10 Å². The number of halogens is 1. The number of benzene rings is 1. The lowest BCUT2D eigenvalue weighted by atomic mass is 10.1. The Labute approximate surface area is 146 Å². The van der Waals surface area contributed by atoms with E-state index in [0.29, 0.717) is 11.6 Å². The average Bonchev–Trinajstić information content (AvgIpc) is 3.04. The summed E-state index contributed by atoms with van der Waals surface area (Å²) in [6.45, 7) is 1.44. The monoisotopic (exact) mass is 351 g/mol. The maximum absolute atomic E-state index is 6.06. The van der Waals surface area contributed by atoms with E-state index < -0.39 is 0 Å². The van der Waals surface area contributed by atoms with Crippen molar-refractivity contribution >= 4 is 28.9 Å². The number of hydrogen-bond acceptors (Lipinski definition) is 3. The predicted octanol–water partition coefficient (Wildman–Crippen LogP) is 3.80. The van der Waals surface area contributed by atoms with E-state index in [4.69, 9.17) is 16.3 Å². The number of hydrogen-bond donors (Lipinski definition) is 1. The quantitative estimate of drug-likeness (QED) is 0.635. The van der Waals surface area contributed by atoms with Gasteiger partial charge in [0.05, 0.1) is 6.10 Å². The minimum atomic E-state index is -0.0833. The third kappa shape index (κ3) is 5.23. The zero-order valence-corrected chi connectivity index (χ0v) is 15.2. The van der Waals surface area contributed by atoms with Crippen molar-refractivity contribution < 1.29 is 4.74 Å². The summed E-state index contributed by atoms with van der Waals surface area (Å²) < 4.78 is 5.58. The predicted molar refractivity (Wildman–Crippen MR) is 98.3 cm³/mol. The molecule has 0 aliphatic rings. The minimum Gasteiger partial charge on any atom is -0.375 e. The van der Waals surface area contributed by atoms with Crippen LogP contribution in [0.2, 0.25) is 5.02 Å². The van der Waals surface area contributed by atoms with Crippen molar-refractivity contribution in [1.82, 2.24) is 10.2 Å². The Bertz CT molecular complexity index is 631. The van der Waals surface area contributed by atoms with Gasteiger partial charge in [-0.2, -0.15) is 11.3 Å². The highest BCUT2D eigenvalue weighted by Crippen LogP contribution is 2.19. The molecule has 0 spiro atoms. The molecule has 6 heteroatoms. The molecule has 0 aliphatic heterocycles. The van der Waals surface area contributed by atoms with Crippen LogP contribution in [0.25, 0.3) is 0 Å². The average molecular weight is 352 g/mol. The van der Waals surface area contributed by atoms with Gasteiger partial charge in [0.2, 0.25) is 0 Å². The first kappa shape index (κ1) is 17.8. The summed E-state index contributed by atoms with van der Waals surface area (Å²) in [5.41, 5.74) is 2.32. The van der Waals surface area contributed by atoms with Crippen LogP contribution in [0.1, 0.15) is 17.2 Å². The van der Waals surface area contributed by atoms with E-state index in [2.05, 4.69) is 32.0 Å². The van der Waals surface area contributed by atoms with Crippen molar-refractivity contribution in [1.29, 1.82) is 0 Å². The first-order chi connectivity index (χ1) is 11.1. The van der Waals surface area contributed by atoms with E-state index in [1.807, 2.05) is 31.3 Å². The zero-order valence-electron chi connectivity index (χ0n) is 13.6. The van der Waals surface area contributed by atoms with Gasteiger partial charge in [0, 0.05) is 39.3 Å². The molecule has 1 heterocycles. The number of methoxy groups -OCH3 is 1. The van der Waals surface area contributed by atoms with Gasteiger partial charge in [-0.05, 0) is 40.1 Å². The molecule has 2 aromatic rings. The summed E-state index contributed by atoms with van der Waals surface area (Å²) >= 11 is 7.76. The van der Waals surface area contributed by atoms with Crippen LogP contribution in [-0.4, -0.2) is 38.6 Å². The second kappa shape index (κ2) is 8.91. The molecule has 4 nitrogen and oxygen atoms in total. The summed E-state index contributed by atoms with van der Waals surface area (Å²) in [6.07, 6.45) is -0.0833. The zero-order chi connectivity index (χ0) is 16.7. The molecular weight excluding hydrogens is 330 g/mol. The highest BCUT2D eigenvalue weighted by Gasteiger charge is 2.13. The Balaban J connectivity index is 1.95. The fourth-order valence-corrected chi connectivity index (χ4v) is 3.20. The molecule has 0 bridgehead atoms. The molecule has 124 valence electrons. The molecule has 0 aliphatic carbocycles. The van der Waals surface area contributed by atoms with Crippen molar-refractivity contribution in [2.75, 3.05) is 27.7 Å². The van der Waals surface area contributed by atoms with Gasteiger partial charge in [0.25, 0.3) is 0 Å². The lowest BCUT2D eigenvalue weighted by Crippen LogP contribution is -2.40. The van der Waals surface area contributed by atoms with Gasteiger partial charge in [-0.15, -0.1) is 0 Å². The van der Waals surface area contributed by atoms with Gasteiger partial charge in [-0.3, -0.25) is 4.99 Å². The van der Waals surface area contributed by atoms with Crippen LogP contribution in [0.4, 0.5) is 0 Å². The molecule has 0 saturated carbocycles. The van der Waals surface area contributed by atoms with Crippen LogP contribution in [0, 0.1) is 0 Å². The molecule has 1 aromatic heterocycles. The molecule has 0 radical (unpaired) electrons. The van der Waals surface area contributed by atoms with Crippen LogP contribution in [0.15, 0.2) is 46.1 Å². The summed E-state index contributed by atoms with van der Waals surface area (Å²) in [6, 6.07) is 9.85. The van der Waals surface area contributed by atoms with Crippen LogP contribution < -0.4 is 5.32 Å². The van der Waals surface area contributed by atoms with E-state index in [0.717, 1.165) is 18.1 Å². The summed E-state index contributed by atoms with van der Waals surface area (Å²) in [7, 11) is 5.51. The summed E-state index contributed by atoms with van der Waals surface area (Å²) in [5, 5.41) is 8.30. The van der Waals surface area contributed by atoms with E-state index >= 15 is 0 Å². The van der Waals surface area contributed by atoms with Crippen LogP contribution in [0.3, 0.4) is 0 Å². The number of guanidine groups is 1. The highest BCUT2D eigenvalue weighted by molar-refractivity contribution is 7.07. The molecule has 23 heavy (non-hydrogen) atoms. The van der Waals surface area contributed by atoms with Crippen molar-refractivity contribution in [2.24, 2.45) is 4.99 Å². The lowest BCUT2D eigenvalue weighted by molar-refractivity contribution is 0.106. The number of thiophene rings is 1. The SMILES string of the molecule is CN=C(NCC(OC)c1cccc(Cl)c1)N(C)Cc1ccsc1. The van der Waals surface area contributed by atoms with Crippen molar-refractivity contribution in [3.63, 3.8) is 0 Å². The Morgan fingerprint density at radius 3 is 2.87 bits per heavy atom. The number of rotatable bonds is 6. The van der Waals surface area contributed by atoms with Crippen molar-refractivity contribution in [2.45, 2.75) is 12.6 Å². The Morgan fingerprint density at radius 1 is 1.43 bits per heavy atom. The molecule has 1 atom stereocenters. The van der Waals surface area contributed by atoms with Gasteiger partial charge in [-0.25, -0.2) is 0 Å². The summed E-state index contributed by atoms with van der Waals surface area (Å²) in [5.74, 6) is 0.834. The molecule has 1 N–H and O–H groups in total. The molecular formula is C17H22ClN3OS. The van der Waals surface area contributed by atoms with Gasteiger partial charge in [0.1, 0.15) is 0 Å². The molecule has 2 rings (SSSR count). The van der Waals surface area contributed by atoms with Crippen LogP contribution in [-0.2, 0) is 11.3 Å². The first-order valence-electron chi connectivity index (χ1n) is 7.35. The third-order valence-corrected chi connectivity index (χ3v) is 4.49. The topological polar surface area (TPSA) is 36.9 Å². The normalized spacial score (nSPS) is 13.0. The number of aliphatic imine (C=N–C) groups is 1. The maximum Gasteiger partial charge on any atom is 0.193 e. The summed E-state index contributed by atoms with van der Waals surface area (Å²) in [4.78, 5) is 6.43. The van der Waals surface area contributed by atoms with E-state index in [1.54, 1.807) is 25.5 Å².